The summed E-state index contributed by atoms with van der Waals surface area (Å²) in [6, 6.07) is 3.77. The van der Waals surface area contributed by atoms with Gasteiger partial charge in [-0.25, -0.2) is 0 Å². The van der Waals surface area contributed by atoms with Crippen LogP contribution in [0.2, 0.25) is 0 Å². The smallest absolute Gasteiger partial charge is 0.306 e. The summed E-state index contributed by atoms with van der Waals surface area (Å²) in [6.45, 7) is 2.69. The average molecular weight is 241 g/mol. The van der Waals surface area contributed by atoms with Crippen molar-refractivity contribution in [2.45, 2.75) is 13.0 Å². The van der Waals surface area contributed by atoms with E-state index in [4.69, 9.17) is 9.15 Å². The zero-order chi connectivity index (χ0) is 12.5. The Kier molecular flexibility index (Phi) is 6.35. The van der Waals surface area contributed by atoms with Crippen LogP contribution in [0.4, 0.5) is 0 Å². The number of nitrogens with zero attached hydrogens (tertiary/aromatic N) is 1. The molecule has 1 heterocycles. The zero-order valence-corrected chi connectivity index (χ0v) is 10.3. The minimum atomic E-state index is -0.202. The lowest BCUT2D eigenvalue weighted by molar-refractivity contribution is -0.141. The van der Waals surface area contributed by atoms with Crippen molar-refractivity contribution in [2.75, 3.05) is 33.9 Å². The molecule has 0 aliphatic heterocycles. The third-order valence-electron chi connectivity index (χ3n) is 2.43. The summed E-state index contributed by atoms with van der Waals surface area (Å²) in [4.78, 5) is 13.2. The van der Waals surface area contributed by atoms with Crippen molar-refractivity contribution in [3.63, 3.8) is 0 Å². The highest BCUT2D eigenvalue weighted by atomic mass is 16.5. The fourth-order valence-corrected chi connectivity index (χ4v) is 1.46. The lowest BCUT2D eigenvalue weighted by atomic mass is 10.3. The number of hydrogen-bond acceptors (Lipinski definition) is 5. The first-order chi connectivity index (χ1) is 8.26. The number of furan rings is 1. The van der Waals surface area contributed by atoms with Crippen LogP contribution in [-0.4, -0.2) is 44.8 Å². The van der Waals surface area contributed by atoms with Crippen molar-refractivity contribution in [2.24, 2.45) is 0 Å². The number of esters is 1. The van der Waals surface area contributed by atoms with Gasteiger partial charge >= 0.3 is 5.97 Å². The highest BCUT2D eigenvalue weighted by Crippen LogP contribution is 2.06. The third-order valence-corrected chi connectivity index (χ3v) is 2.43. The number of rotatable bonds is 8. The molecule has 0 atom stereocenters. The molecule has 0 saturated heterocycles. The van der Waals surface area contributed by atoms with Gasteiger partial charge in [0, 0.05) is 20.2 Å². The summed E-state index contributed by atoms with van der Waals surface area (Å²) in [5.74, 6) is 0.679. The molecular formula is C12H19NO4. The Morgan fingerprint density at radius 1 is 1.41 bits per heavy atom. The van der Waals surface area contributed by atoms with Gasteiger partial charge in [0.15, 0.2) is 0 Å². The third kappa shape index (κ3) is 5.51. The van der Waals surface area contributed by atoms with E-state index in [1.807, 2.05) is 12.1 Å². The molecule has 0 amide bonds. The van der Waals surface area contributed by atoms with Crippen molar-refractivity contribution in [3.8, 4) is 0 Å². The largest absolute Gasteiger partial charge is 0.469 e. The number of methoxy groups -OCH3 is 2. The minimum Gasteiger partial charge on any atom is -0.469 e. The quantitative estimate of drug-likeness (QED) is 0.642. The number of carbonyl (C=O) groups excluding carboxylic acids is 1. The van der Waals surface area contributed by atoms with Crippen molar-refractivity contribution in [1.82, 2.24) is 4.90 Å². The van der Waals surface area contributed by atoms with Crippen molar-refractivity contribution in [1.29, 1.82) is 0 Å². The lowest BCUT2D eigenvalue weighted by Gasteiger charge is -2.19. The summed E-state index contributed by atoms with van der Waals surface area (Å²) in [5, 5.41) is 0. The van der Waals surface area contributed by atoms with E-state index in [1.54, 1.807) is 13.4 Å². The van der Waals surface area contributed by atoms with E-state index in [9.17, 15) is 4.79 Å². The Balaban J connectivity index is 2.39. The topological polar surface area (TPSA) is 51.9 Å². The second kappa shape index (κ2) is 7.86. The van der Waals surface area contributed by atoms with Crippen LogP contribution in [-0.2, 0) is 20.8 Å². The van der Waals surface area contributed by atoms with Crippen LogP contribution >= 0.6 is 0 Å². The predicted molar refractivity (Wildman–Crippen MR) is 62.5 cm³/mol. The molecule has 96 valence electrons. The fraction of sp³-hybridized carbons (Fsp3) is 0.583. The maximum atomic E-state index is 11.1. The molecular weight excluding hydrogens is 222 g/mol. The molecule has 0 bridgehead atoms. The van der Waals surface area contributed by atoms with Gasteiger partial charge in [-0.1, -0.05) is 0 Å². The molecule has 1 aromatic rings. The van der Waals surface area contributed by atoms with Crippen LogP contribution in [0.25, 0.3) is 0 Å². The molecule has 0 aliphatic carbocycles. The number of carbonyl (C=O) groups is 1. The van der Waals surface area contributed by atoms with E-state index in [2.05, 4.69) is 9.64 Å². The zero-order valence-electron chi connectivity index (χ0n) is 10.3. The maximum Gasteiger partial charge on any atom is 0.306 e. The Hall–Kier alpha value is -1.33. The van der Waals surface area contributed by atoms with E-state index in [1.165, 1.54) is 7.11 Å². The Labute approximate surface area is 101 Å². The summed E-state index contributed by atoms with van der Waals surface area (Å²) in [5.41, 5.74) is 0. The Morgan fingerprint density at radius 3 is 2.82 bits per heavy atom. The first kappa shape index (κ1) is 13.7. The molecule has 17 heavy (non-hydrogen) atoms. The fourth-order valence-electron chi connectivity index (χ4n) is 1.46. The second-order valence-corrected chi connectivity index (χ2v) is 3.67. The van der Waals surface area contributed by atoms with E-state index in [0.29, 0.717) is 26.1 Å². The molecule has 5 heteroatoms. The average Bonchev–Trinajstić information content (AvgIpc) is 2.84. The number of ether oxygens (including phenoxy) is 2. The van der Waals surface area contributed by atoms with Crippen LogP contribution in [0.3, 0.4) is 0 Å². The summed E-state index contributed by atoms with van der Waals surface area (Å²) >= 11 is 0. The first-order valence-electron chi connectivity index (χ1n) is 5.56. The Bertz CT molecular complexity index is 310. The standard InChI is InChI=1S/C12H19NO4/c1-15-9-7-13(6-5-12(14)16-2)10-11-4-3-8-17-11/h3-4,8H,5-7,9-10H2,1-2H3. The van der Waals surface area contributed by atoms with Gasteiger partial charge in [0.05, 0.1) is 32.9 Å². The summed E-state index contributed by atoms with van der Waals surface area (Å²) in [6.07, 6.45) is 2.02. The van der Waals surface area contributed by atoms with Gasteiger partial charge in [-0.15, -0.1) is 0 Å². The van der Waals surface area contributed by atoms with E-state index < -0.39 is 0 Å². The highest BCUT2D eigenvalue weighted by molar-refractivity contribution is 5.69. The molecule has 5 nitrogen and oxygen atoms in total. The molecule has 0 aromatic carbocycles. The van der Waals surface area contributed by atoms with Crippen molar-refractivity contribution in [3.05, 3.63) is 24.2 Å². The second-order valence-electron chi connectivity index (χ2n) is 3.67. The van der Waals surface area contributed by atoms with Gasteiger partial charge in [-0.2, -0.15) is 0 Å². The Morgan fingerprint density at radius 2 is 2.24 bits per heavy atom. The van der Waals surface area contributed by atoms with Crippen molar-refractivity contribution < 1.29 is 18.7 Å². The van der Waals surface area contributed by atoms with Gasteiger partial charge in [-0.05, 0) is 12.1 Å². The van der Waals surface area contributed by atoms with Gasteiger partial charge in [-0.3, -0.25) is 9.69 Å². The van der Waals surface area contributed by atoms with Gasteiger partial charge in [0.2, 0.25) is 0 Å². The first-order valence-corrected chi connectivity index (χ1v) is 5.56. The van der Waals surface area contributed by atoms with Crippen LogP contribution < -0.4 is 0 Å². The van der Waals surface area contributed by atoms with E-state index in [-0.39, 0.29) is 5.97 Å². The molecule has 1 rings (SSSR count). The minimum absolute atomic E-state index is 0.202. The van der Waals surface area contributed by atoms with E-state index >= 15 is 0 Å². The monoisotopic (exact) mass is 241 g/mol. The maximum absolute atomic E-state index is 11.1. The normalized spacial score (nSPS) is 10.8. The molecule has 1 aromatic heterocycles. The molecule has 0 radical (unpaired) electrons. The van der Waals surface area contributed by atoms with Crippen LogP contribution in [0.5, 0.6) is 0 Å². The molecule has 0 unspecified atom stereocenters. The van der Waals surface area contributed by atoms with Gasteiger partial charge < -0.3 is 13.9 Å². The molecule has 0 N–H and O–H groups in total. The lowest BCUT2D eigenvalue weighted by Crippen LogP contribution is -2.29. The molecule has 0 spiro atoms. The van der Waals surface area contributed by atoms with Crippen LogP contribution in [0.1, 0.15) is 12.2 Å². The summed E-state index contributed by atoms with van der Waals surface area (Å²) in [7, 11) is 3.06. The van der Waals surface area contributed by atoms with Gasteiger partial charge in [0.25, 0.3) is 0 Å². The molecule has 0 saturated carbocycles. The van der Waals surface area contributed by atoms with E-state index in [0.717, 1.165) is 12.3 Å². The summed E-state index contributed by atoms with van der Waals surface area (Å²) < 4.78 is 14.9. The van der Waals surface area contributed by atoms with Crippen molar-refractivity contribution >= 4 is 5.97 Å². The predicted octanol–water partition coefficient (Wildman–Crippen LogP) is 1.29. The number of hydrogen-bond donors (Lipinski definition) is 0. The van der Waals surface area contributed by atoms with Crippen LogP contribution in [0.15, 0.2) is 22.8 Å². The van der Waals surface area contributed by atoms with Gasteiger partial charge in [0.1, 0.15) is 5.76 Å². The van der Waals surface area contributed by atoms with Crippen LogP contribution in [0, 0.1) is 0 Å². The highest BCUT2D eigenvalue weighted by Gasteiger charge is 2.10. The molecule has 0 aliphatic rings. The molecule has 0 fully saturated rings. The SMILES string of the molecule is COCCN(CCC(=O)OC)Cc1ccco1.